The number of rotatable bonds is 0. The van der Waals surface area contributed by atoms with Crippen molar-refractivity contribution in [1.82, 2.24) is 0 Å². The second-order valence-electron chi connectivity index (χ2n) is 0.408. The second kappa shape index (κ2) is 53.2. The van der Waals surface area contributed by atoms with Gasteiger partial charge >= 0.3 is 94.4 Å². The summed E-state index contributed by atoms with van der Waals surface area (Å²) >= 11 is 0. The quantitative estimate of drug-likeness (QED) is 0.178. The summed E-state index contributed by atoms with van der Waals surface area (Å²) < 4.78 is 34.1. The van der Waals surface area contributed by atoms with Crippen LogP contribution >= 0.6 is 0 Å². The van der Waals surface area contributed by atoms with E-state index in [2.05, 4.69) is 0 Å². The van der Waals surface area contributed by atoms with Crippen LogP contribution in [0.2, 0.25) is 0 Å². The zero-order valence-corrected chi connectivity index (χ0v) is 17.5. The predicted octanol–water partition coefficient (Wildman–Crippen LogP) is -13.0. The summed E-state index contributed by atoms with van der Waals surface area (Å²) in [5.74, 6) is 0. The molecule has 0 aliphatic carbocycles. The molecule has 0 saturated carbocycles. The molecular weight excluding hydrogens is 488 g/mol. The first-order valence-corrected chi connectivity index (χ1v) is 2.00. The SMILES string of the molecule is O.O.O.O.O.O.O=S(=O)([O-])[O-].[Ba+2].[Cl-].[Cl-].[Sr+2]. The van der Waals surface area contributed by atoms with E-state index in [1.54, 1.807) is 0 Å². The molecule has 0 amide bonds. The van der Waals surface area contributed by atoms with E-state index in [9.17, 15) is 0 Å². The Bertz CT molecular complexity index is 107. The van der Waals surface area contributed by atoms with Gasteiger partial charge < -0.3 is 66.8 Å². The van der Waals surface area contributed by atoms with Crippen molar-refractivity contribution < 1.29 is 75.2 Å². The average molecular weight is 500 g/mol. The van der Waals surface area contributed by atoms with E-state index in [0.29, 0.717) is 0 Å². The molecule has 0 aromatic heterocycles. The van der Waals surface area contributed by atoms with E-state index < -0.39 is 10.4 Å². The Labute approximate surface area is 176 Å². The summed E-state index contributed by atoms with van der Waals surface area (Å²) in [6.07, 6.45) is 0. The van der Waals surface area contributed by atoms with Gasteiger partial charge in [0.1, 0.15) is 0 Å². The molecule has 0 aliphatic heterocycles. The van der Waals surface area contributed by atoms with Gasteiger partial charge in [-0.15, -0.1) is 0 Å². The third-order valence-corrected chi connectivity index (χ3v) is 0. The maximum absolute atomic E-state index is 8.52. The van der Waals surface area contributed by atoms with Crippen molar-refractivity contribution in [2.75, 3.05) is 0 Å². The van der Waals surface area contributed by atoms with Gasteiger partial charge in [-0.3, -0.25) is 8.42 Å². The molecule has 15 heteroatoms. The van der Waals surface area contributed by atoms with Gasteiger partial charge in [-0.05, 0) is 0 Å². The monoisotopic (exact) mass is 500 g/mol. The van der Waals surface area contributed by atoms with Crippen LogP contribution in [0.25, 0.3) is 0 Å². The van der Waals surface area contributed by atoms with Crippen molar-refractivity contribution in [1.29, 1.82) is 0 Å². The van der Waals surface area contributed by atoms with Crippen molar-refractivity contribution in [3.8, 4) is 0 Å². The Balaban J connectivity index is -0.00000000178. The van der Waals surface area contributed by atoms with Crippen LogP contribution in [-0.4, -0.2) is 145 Å². The van der Waals surface area contributed by atoms with Crippen LogP contribution in [0.3, 0.4) is 0 Å². The average Bonchev–Trinajstić information content (AvgIpc) is 0.722. The normalized spacial score (nSPS) is 3.87. The number of hydrogen-bond acceptors (Lipinski definition) is 4. The largest absolute Gasteiger partial charge is 2.00 e. The fourth-order valence-corrected chi connectivity index (χ4v) is 0. The maximum Gasteiger partial charge on any atom is 2.00 e. The van der Waals surface area contributed by atoms with Crippen LogP contribution in [0, 0.1) is 0 Å². The molecule has 0 atom stereocenters. The van der Waals surface area contributed by atoms with Crippen molar-refractivity contribution >= 4 is 105 Å². The minimum Gasteiger partial charge on any atom is -1.00 e. The van der Waals surface area contributed by atoms with Crippen LogP contribution in [0.15, 0.2) is 0 Å². The summed E-state index contributed by atoms with van der Waals surface area (Å²) in [7, 11) is -5.17. The van der Waals surface area contributed by atoms with Gasteiger partial charge in [-0.1, -0.05) is 0 Å². The van der Waals surface area contributed by atoms with Gasteiger partial charge in [0, 0.05) is 10.4 Å². The zero-order valence-electron chi connectivity index (χ0n) is 7.21. The van der Waals surface area contributed by atoms with Crippen molar-refractivity contribution in [3.63, 3.8) is 0 Å². The summed E-state index contributed by atoms with van der Waals surface area (Å²) in [6.45, 7) is 0. The summed E-state index contributed by atoms with van der Waals surface area (Å²) in [4.78, 5) is 0. The molecule has 0 unspecified atom stereocenters. The van der Waals surface area contributed by atoms with E-state index in [1.807, 2.05) is 0 Å². The topological polar surface area (TPSA) is 269 Å². The fourth-order valence-electron chi connectivity index (χ4n) is 0. The van der Waals surface area contributed by atoms with Crippen molar-refractivity contribution in [2.45, 2.75) is 0 Å². The van der Waals surface area contributed by atoms with Crippen LogP contribution < -0.4 is 24.8 Å². The molecule has 0 aromatic carbocycles. The Kier molecular flexibility index (Phi) is 366. The van der Waals surface area contributed by atoms with Crippen molar-refractivity contribution in [3.05, 3.63) is 0 Å². The zero-order chi connectivity index (χ0) is 4.50. The minimum atomic E-state index is -5.17. The molecule has 0 saturated heterocycles. The van der Waals surface area contributed by atoms with E-state index in [-0.39, 0.29) is 152 Å². The molecule has 10 nitrogen and oxygen atoms in total. The smallest absolute Gasteiger partial charge is 1.00 e. The second-order valence-corrected chi connectivity index (χ2v) is 1.22. The first-order chi connectivity index (χ1) is 2.00. The Morgan fingerprint density at radius 3 is 0.667 bits per heavy atom. The summed E-state index contributed by atoms with van der Waals surface area (Å²) in [6, 6.07) is 0. The standard InChI is InChI=1S/Ba.2ClH.H2O4S.6H2O.Sr/c;;;1-5(2,3)4;;;;;;;/h;2*1H;(H2,1,2,3,4);6*1H2;/q+2;;;;;;;;;;+2/p-4. The number of halogens is 2. The summed E-state index contributed by atoms with van der Waals surface area (Å²) in [5.41, 5.74) is 0. The molecule has 0 aromatic rings. The third-order valence-electron chi connectivity index (χ3n) is 0. The first kappa shape index (κ1) is 103. The van der Waals surface area contributed by atoms with E-state index in [0.717, 1.165) is 0 Å². The predicted molar refractivity (Wildman–Crippen MR) is 43.7 cm³/mol. The molecule has 12 N–H and O–H groups in total. The molecule has 0 aliphatic rings. The molecule has 0 bridgehead atoms. The van der Waals surface area contributed by atoms with Crippen LogP contribution in [0.4, 0.5) is 0 Å². The van der Waals surface area contributed by atoms with Gasteiger partial charge in [0.25, 0.3) is 0 Å². The summed E-state index contributed by atoms with van der Waals surface area (Å²) in [5, 5.41) is 0. The molecule has 0 spiro atoms. The van der Waals surface area contributed by atoms with Gasteiger partial charge in [-0.2, -0.15) is 0 Å². The third kappa shape index (κ3) is 378. The van der Waals surface area contributed by atoms with Gasteiger partial charge in [0.2, 0.25) is 0 Å². The van der Waals surface area contributed by atoms with Crippen LogP contribution in [-0.2, 0) is 10.4 Å². The Hall–Kier alpha value is 3.26. The van der Waals surface area contributed by atoms with E-state index >= 15 is 0 Å². The minimum absolute atomic E-state index is 0. The molecule has 0 radical (unpaired) electrons. The Morgan fingerprint density at radius 1 is 0.667 bits per heavy atom. The maximum atomic E-state index is 8.52. The fraction of sp³-hybridized carbons (Fsp3) is 0. The molecular formula is H12BaCl2O10SSr. The van der Waals surface area contributed by atoms with Crippen LogP contribution in [0.1, 0.15) is 0 Å². The van der Waals surface area contributed by atoms with Crippen LogP contribution in [0.5, 0.6) is 0 Å². The molecule has 15 heavy (non-hydrogen) atoms. The van der Waals surface area contributed by atoms with Gasteiger partial charge in [0.15, 0.2) is 0 Å². The Morgan fingerprint density at radius 2 is 0.667 bits per heavy atom. The molecule has 0 heterocycles. The first-order valence-electron chi connectivity index (χ1n) is 0.667. The molecule has 0 rings (SSSR count). The van der Waals surface area contributed by atoms with Crippen molar-refractivity contribution in [2.24, 2.45) is 0 Å². The van der Waals surface area contributed by atoms with Gasteiger partial charge in [-0.25, -0.2) is 0 Å². The molecule has 0 fully saturated rings. The number of hydrogen-bond donors (Lipinski definition) is 0. The van der Waals surface area contributed by atoms with Gasteiger partial charge in [0.05, 0.1) is 0 Å². The molecule has 96 valence electrons. The van der Waals surface area contributed by atoms with E-state index in [1.165, 1.54) is 0 Å². The van der Waals surface area contributed by atoms with E-state index in [4.69, 9.17) is 17.5 Å².